The number of nitrogens with zero attached hydrogens (tertiary/aromatic N) is 1. The van der Waals surface area contributed by atoms with Gasteiger partial charge in [0.15, 0.2) is 0 Å². The number of halogens is 1. The number of fused-ring (bicyclic) bond motifs is 1. The van der Waals surface area contributed by atoms with Crippen LogP contribution < -0.4 is 10.6 Å². The van der Waals surface area contributed by atoms with Crippen molar-refractivity contribution in [2.45, 2.75) is 19.3 Å². The van der Waals surface area contributed by atoms with Crippen molar-refractivity contribution in [1.29, 1.82) is 0 Å². The molecule has 0 spiro atoms. The molecular weight excluding hydrogens is 252 g/mol. The molecule has 0 aromatic heterocycles. The van der Waals surface area contributed by atoms with Gasteiger partial charge in [-0.3, -0.25) is 0 Å². The molecule has 1 aromatic rings. The standard InChI is InChI=1S/C12H17BrN2/c1-12(2)8-15(7-6-14)10-5-3-4-9(13)11(10)12/h3-5H,6-8,14H2,1-2H3. The molecule has 2 rings (SSSR count). The molecule has 0 saturated carbocycles. The summed E-state index contributed by atoms with van der Waals surface area (Å²) in [5.74, 6) is 0. The first-order chi connectivity index (χ1) is 7.06. The predicted molar refractivity (Wildman–Crippen MR) is 68.4 cm³/mol. The maximum atomic E-state index is 5.64. The topological polar surface area (TPSA) is 29.3 Å². The molecule has 2 nitrogen and oxygen atoms in total. The van der Waals surface area contributed by atoms with E-state index in [0.717, 1.165) is 13.1 Å². The Morgan fingerprint density at radius 1 is 1.47 bits per heavy atom. The lowest BCUT2D eigenvalue weighted by Crippen LogP contribution is -2.32. The first-order valence-corrected chi connectivity index (χ1v) is 6.09. The second kappa shape index (κ2) is 3.80. The monoisotopic (exact) mass is 268 g/mol. The number of anilines is 1. The van der Waals surface area contributed by atoms with Gasteiger partial charge in [0.25, 0.3) is 0 Å². The quantitative estimate of drug-likeness (QED) is 0.893. The van der Waals surface area contributed by atoms with Crippen LogP contribution >= 0.6 is 15.9 Å². The molecule has 0 unspecified atom stereocenters. The van der Waals surface area contributed by atoms with Crippen LogP contribution in [0.3, 0.4) is 0 Å². The zero-order valence-corrected chi connectivity index (χ0v) is 10.8. The van der Waals surface area contributed by atoms with E-state index in [-0.39, 0.29) is 5.41 Å². The SMILES string of the molecule is CC1(C)CN(CCN)c2cccc(Br)c21. The van der Waals surface area contributed by atoms with Gasteiger partial charge in [-0.2, -0.15) is 0 Å². The van der Waals surface area contributed by atoms with Gasteiger partial charge in [-0.1, -0.05) is 35.8 Å². The normalized spacial score (nSPS) is 18.0. The third kappa shape index (κ3) is 1.79. The van der Waals surface area contributed by atoms with Crippen LogP contribution in [-0.2, 0) is 5.41 Å². The Morgan fingerprint density at radius 3 is 2.87 bits per heavy atom. The Balaban J connectivity index is 2.48. The summed E-state index contributed by atoms with van der Waals surface area (Å²) in [5.41, 5.74) is 8.60. The molecule has 1 heterocycles. The Kier molecular flexibility index (Phi) is 2.77. The second-order valence-corrected chi connectivity index (χ2v) is 5.58. The minimum atomic E-state index is 0.213. The van der Waals surface area contributed by atoms with Crippen molar-refractivity contribution in [1.82, 2.24) is 0 Å². The van der Waals surface area contributed by atoms with E-state index in [9.17, 15) is 0 Å². The van der Waals surface area contributed by atoms with Gasteiger partial charge >= 0.3 is 0 Å². The predicted octanol–water partition coefficient (Wildman–Crippen LogP) is 2.51. The van der Waals surface area contributed by atoms with E-state index in [1.807, 2.05) is 0 Å². The Labute approximate surface area is 99.6 Å². The first-order valence-electron chi connectivity index (χ1n) is 5.30. The van der Waals surface area contributed by atoms with Crippen LogP contribution in [0.15, 0.2) is 22.7 Å². The van der Waals surface area contributed by atoms with Gasteiger partial charge < -0.3 is 10.6 Å². The van der Waals surface area contributed by atoms with Gasteiger partial charge in [0.2, 0.25) is 0 Å². The largest absolute Gasteiger partial charge is 0.369 e. The highest BCUT2D eigenvalue weighted by Crippen LogP contribution is 2.43. The van der Waals surface area contributed by atoms with E-state index < -0.39 is 0 Å². The third-order valence-corrected chi connectivity index (χ3v) is 3.66. The van der Waals surface area contributed by atoms with Gasteiger partial charge in [-0.15, -0.1) is 0 Å². The number of nitrogens with two attached hydrogens (primary N) is 1. The van der Waals surface area contributed by atoms with E-state index in [1.54, 1.807) is 0 Å². The number of hydrogen-bond donors (Lipinski definition) is 1. The molecule has 0 amide bonds. The van der Waals surface area contributed by atoms with Crippen molar-refractivity contribution < 1.29 is 0 Å². The lowest BCUT2D eigenvalue weighted by molar-refractivity contribution is 0.550. The molecular formula is C12H17BrN2. The van der Waals surface area contributed by atoms with Crippen LogP contribution in [0.1, 0.15) is 19.4 Å². The fraction of sp³-hybridized carbons (Fsp3) is 0.500. The molecule has 15 heavy (non-hydrogen) atoms. The van der Waals surface area contributed by atoms with Crippen molar-refractivity contribution in [3.63, 3.8) is 0 Å². The van der Waals surface area contributed by atoms with Crippen LogP contribution in [0.5, 0.6) is 0 Å². The van der Waals surface area contributed by atoms with Crippen molar-refractivity contribution in [2.24, 2.45) is 5.73 Å². The van der Waals surface area contributed by atoms with Crippen LogP contribution in [0.25, 0.3) is 0 Å². The van der Waals surface area contributed by atoms with Gasteiger partial charge in [0.05, 0.1) is 0 Å². The zero-order valence-electron chi connectivity index (χ0n) is 9.26. The molecule has 1 aromatic carbocycles. The molecule has 0 bridgehead atoms. The summed E-state index contributed by atoms with van der Waals surface area (Å²) < 4.78 is 1.21. The highest BCUT2D eigenvalue weighted by Gasteiger charge is 2.35. The Bertz CT molecular complexity index is 374. The van der Waals surface area contributed by atoms with Crippen molar-refractivity contribution >= 4 is 21.6 Å². The smallest absolute Gasteiger partial charge is 0.0417 e. The number of rotatable bonds is 2. The zero-order chi connectivity index (χ0) is 11.1. The molecule has 1 aliphatic heterocycles. The number of hydrogen-bond acceptors (Lipinski definition) is 2. The van der Waals surface area contributed by atoms with Crippen molar-refractivity contribution in [3.05, 3.63) is 28.2 Å². The highest BCUT2D eigenvalue weighted by atomic mass is 79.9. The van der Waals surface area contributed by atoms with Crippen LogP contribution in [-0.4, -0.2) is 19.6 Å². The molecule has 0 radical (unpaired) electrons. The average Bonchev–Trinajstić information content (AvgIpc) is 2.40. The summed E-state index contributed by atoms with van der Waals surface area (Å²) in [6.45, 7) is 7.28. The summed E-state index contributed by atoms with van der Waals surface area (Å²) >= 11 is 3.64. The minimum Gasteiger partial charge on any atom is -0.369 e. The Morgan fingerprint density at radius 2 is 2.20 bits per heavy atom. The molecule has 0 atom stereocenters. The van der Waals surface area contributed by atoms with Gasteiger partial charge in [-0.25, -0.2) is 0 Å². The van der Waals surface area contributed by atoms with E-state index in [2.05, 4.69) is 52.9 Å². The van der Waals surface area contributed by atoms with Crippen LogP contribution in [0.2, 0.25) is 0 Å². The first kappa shape index (κ1) is 11.0. The minimum absolute atomic E-state index is 0.213. The molecule has 82 valence electrons. The average molecular weight is 269 g/mol. The molecule has 0 aliphatic carbocycles. The summed E-state index contributed by atoms with van der Waals surface area (Å²) in [5, 5.41) is 0. The van der Waals surface area contributed by atoms with Crippen LogP contribution in [0, 0.1) is 0 Å². The molecule has 0 fully saturated rings. The summed E-state index contributed by atoms with van der Waals surface area (Å²) in [7, 11) is 0. The van der Waals surface area contributed by atoms with Gasteiger partial charge in [-0.05, 0) is 17.7 Å². The summed E-state index contributed by atoms with van der Waals surface area (Å²) in [4.78, 5) is 2.38. The molecule has 1 aliphatic rings. The second-order valence-electron chi connectivity index (χ2n) is 4.73. The number of benzene rings is 1. The van der Waals surface area contributed by atoms with Crippen molar-refractivity contribution in [2.75, 3.05) is 24.5 Å². The molecule has 3 heteroatoms. The molecule has 2 N–H and O–H groups in total. The van der Waals surface area contributed by atoms with Gasteiger partial charge in [0.1, 0.15) is 0 Å². The van der Waals surface area contributed by atoms with Crippen LogP contribution in [0.4, 0.5) is 5.69 Å². The fourth-order valence-electron chi connectivity index (χ4n) is 2.44. The van der Waals surface area contributed by atoms with Gasteiger partial charge in [0, 0.05) is 35.2 Å². The fourth-order valence-corrected chi connectivity index (χ4v) is 3.34. The summed E-state index contributed by atoms with van der Waals surface area (Å²) in [6, 6.07) is 6.39. The van der Waals surface area contributed by atoms with E-state index in [0.29, 0.717) is 6.54 Å². The van der Waals surface area contributed by atoms with E-state index in [4.69, 9.17) is 5.73 Å². The summed E-state index contributed by atoms with van der Waals surface area (Å²) in [6.07, 6.45) is 0. The highest BCUT2D eigenvalue weighted by molar-refractivity contribution is 9.10. The third-order valence-electron chi connectivity index (χ3n) is 2.99. The van der Waals surface area contributed by atoms with Crippen molar-refractivity contribution in [3.8, 4) is 0 Å². The Hall–Kier alpha value is -0.540. The maximum Gasteiger partial charge on any atom is 0.0417 e. The molecule has 0 saturated heterocycles. The maximum absolute atomic E-state index is 5.64. The lowest BCUT2D eigenvalue weighted by atomic mass is 9.87. The van der Waals surface area contributed by atoms with E-state index >= 15 is 0 Å². The lowest BCUT2D eigenvalue weighted by Gasteiger charge is -2.21. The van der Waals surface area contributed by atoms with E-state index in [1.165, 1.54) is 15.7 Å².